The predicted molar refractivity (Wildman–Crippen MR) is 75.0 cm³/mol. The summed E-state index contributed by atoms with van der Waals surface area (Å²) in [4.78, 5) is 5.27. The molecule has 2 heterocycles. The lowest BCUT2D eigenvalue weighted by molar-refractivity contribution is 0.0174. The highest BCUT2D eigenvalue weighted by molar-refractivity contribution is 4.89. The average molecular weight is 255 g/mol. The Morgan fingerprint density at radius 3 is 2.61 bits per heavy atom. The molecule has 3 unspecified atom stereocenters. The third-order valence-corrected chi connectivity index (χ3v) is 4.58. The number of likely N-dealkylation sites (N-methyl/N-ethyl adjacent to an activating group) is 1. The first-order valence-electron chi connectivity index (χ1n) is 7.51. The summed E-state index contributed by atoms with van der Waals surface area (Å²) in [6.07, 6.45) is 1.32. The Morgan fingerprint density at radius 1 is 1.22 bits per heavy atom. The normalized spacial score (nSPS) is 30.5. The fourth-order valence-electron chi connectivity index (χ4n) is 3.19. The lowest BCUT2D eigenvalue weighted by Gasteiger charge is -2.34. The molecule has 1 N–H and O–H groups in total. The van der Waals surface area contributed by atoms with Crippen LogP contribution < -0.4 is 5.32 Å². The van der Waals surface area contributed by atoms with Crippen molar-refractivity contribution < 1.29 is 4.74 Å². The van der Waals surface area contributed by atoms with Crippen LogP contribution in [0.4, 0.5) is 0 Å². The van der Waals surface area contributed by atoms with Crippen molar-refractivity contribution in [3.05, 3.63) is 0 Å². The van der Waals surface area contributed by atoms with Gasteiger partial charge in [0.25, 0.3) is 0 Å². The minimum Gasteiger partial charge on any atom is -0.379 e. The molecule has 0 spiro atoms. The molecular formula is C14H29N3O. The largest absolute Gasteiger partial charge is 0.379 e. The molecule has 2 aliphatic heterocycles. The van der Waals surface area contributed by atoms with E-state index in [0.29, 0.717) is 12.1 Å². The minimum atomic E-state index is 0.582. The molecule has 0 radical (unpaired) electrons. The molecule has 0 aromatic rings. The van der Waals surface area contributed by atoms with E-state index in [1.807, 2.05) is 0 Å². The number of likely N-dealkylation sites (tertiary alicyclic amines) is 1. The second kappa shape index (κ2) is 6.85. The van der Waals surface area contributed by atoms with Crippen LogP contribution in [0.1, 0.15) is 27.2 Å². The molecule has 2 fully saturated rings. The molecule has 106 valence electrons. The van der Waals surface area contributed by atoms with Gasteiger partial charge in [0.2, 0.25) is 0 Å². The number of ether oxygens (including phenoxy) is 1. The van der Waals surface area contributed by atoms with Gasteiger partial charge < -0.3 is 10.1 Å². The van der Waals surface area contributed by atoms with Crippen LogP contribution in [-0.2, 0) is 4.74 Å². The minimum absolute atomic E-state index is 0.582. The summed E-state index contributed by atoms with van der Waals surface area (Å²) in [5.41, 5.74) is 0. The van der Waals surface area contributed by atoms with E-state index < -0.39 is 0 Å². The summed E-state index contributed by atoms with van der Waals surface area (Å²) in [6, 6.07) is 1.97. The van der Waals surface area contributed by atoms with Gasteiger partial charge in [-0.15, -0.1) is 0 Å². The van der Waals surface area contributed by atoms with E-state index in [0.717, 1.165) is 38.9 Å². The quantitative estimate of drug-likeness (QED) is 0.786. The van der Waals surface area contributed by atoms with Crippen molar-refractivity contribution in [3.8, 4) is 0 Å². The Hall–Kier alpha value is -0.160. The molecule has 3 atom stereocenters. The maximum Gasteiger partial charge on any atom is 0.0594 e. The van der Waals surface area contributed by atoms with Gasteiger partial charge in [0.1, 0.15) is 0 Å². The zero-order chi connectivity index (χ0) is 13.0. The Labute approximate surface area is 112 Å². The Morgan fingerprint density at radius 2 is 1.94 bits per heavy atom. The first-order valence-corrected chi connectivity index (χ1v) is 7.51. The molecule has 2 saturated heterocycles. The number of rotatable bonds is 5. The molecule has 0 aromatic heterocycles. The van der Waals surface area contributed by atoms with Gasteiger partial charge in [-0.3, -0.25) is 9.80 Å². The van der Waals surface area contributed by atoms with Gasteiger partial charge in [0.15, 0.2) is 0 Å². The lowest BCUT2D eigenvalue weighted by atomic mass is 10.1. The van der Waals surface area contributed by atoms with Gasteiger partial charge in [-0.05, 0) is 26.8 Å². The van der Waals surface area contributed by atoms with Crippen molar-refractivity contribution in [3.63, 3.8) is 0 Å². The van der Waals surface area contributed by atoms with E-state index in [1.54, 1.807) is 0 Å². The van der Waals surface area contributed by atoms with Gasteiger partial charge >= 0.3 is 0 Å². The molecule has 0 bridgehead atoms. The third-order valence-electron chi connectivity index (χ3n) is 4.58. The molecule has 4 heteroatoms. The molecule has 4 nitrogen and oxygen atoms in total. The summed E-state index contributed by atoms with van der Waals surface area (Å²) in [5, 5.41) is 3.54. The molecule has 2 rings (SSSR count). The predicted octanol–water partition coefficient (Wildman–Crippen LogP) is 0.779. The van der Waals surface area contributed by atoms with Crippen molar-refractivity contribution in [2.45, 2.75) is 45.3 Å². The number of nitrogens with zero attached hydrogens (tertiary/aromatic N) is 2. The van der Waals surface area contributed by atoms with E-state index in [4.69, 9.17) is 4.74 Å². The van der Waals surface area contributed by atoms with Crippen molar-refractivity contribution in [1.29, 1.82) is 0 Å². The Balaban J connectivity index is 1.79. The molecule has 0 saturated carbocycles. The smallest absolute Gasteiger partial charge is 0.0594 e. The third kappa shape index (κ3) is 3.44. The van der Waals surface area contributed by atoms with E-state index in [9.17, 15) is 0 Å². The van der Waals surface area contributed by atoms with Crippen LogP contribution in [0.3, 0.4) is 0 Å². The standard InChI is InChI=1S/C14H29N3O/c1-4-15-12(2)13(3)17-6-5-14(11-17)16-7-9-18-10-8-16/h12-15H,4-11H2,1-3H3. The highest BCUT2D eigenvalue weighted by atomic mass is 16.5. The van der Waals surface area contributed by atoms with Crippen LogP contribution in [0.5, 0.6) is 0 Å². The number of nitrogens with one attached hydrogen (secondary N) is 1. The molecule has 0 aromatic carbocycles. The van der Waals surface area contributed by atoms with Gasteiger partial charge in [-0.2, -0.15) is 0 Å². The summed E-state index contributed by atoms with van der Waals surface area (Å²) < 4.78 is 5.44. The molecular weight excluding hydrogens is 226 g/mol. The summed E-state index contributed by atoms with van der Waals surface area (Å²) >= 11 is 0. The van der Waals surface area contributed by atoms with Crippen LogP contribution >= 0.6 is 0 Å². The van der Waals surface area contributed by atoms with Crippen molar-refractivity contribution in [2.75, 3.05) is 45.9 Å². The van der Waals surface area contributed by atoms with Crippen molar-refractivity contribution >= 4 is 0 Å². The fourth-order valence-corrected chi connectivity index (χ4v) is 3.19. The second-order valence-corrected chi connectivity index (χ2v) is 5.67. The second-order valence-electron chi connectivity index (χ2n) is 5.67. The number of hydrogen-bond donors (Lipinski definition) is 1. The molecule has 18 heavy (non-hydrogen) atoms. The summed E-state index contributed by atoms with van der Waals surface area (Å²) in [7, 11) is 0. The fraction of sp³-hybridized carbons (Fsp3) is 1.00. The number of morpholine rings is 1. The van der Waals surface area contributed by atoms with Crippen molar-refractivity contribution in [1.82, 2.24) is 15.1 Å². The average Bonchev–Trinajstić information content (AvgIpc) is 2.89. The highest BCUT2D eigenvalue weighted by Gasteiger charge is 2.32. The van der Waals surface area contributed by atoms with Crippen molar-refractivity contribution in [2.24, 2.45) is 0 Å². The summed E-state index contributed by atoms with van der Waals surface area (Å²) in [6.45, 7) is 14.5. The van der Waals surface area contributed by atoms with E-state index in [-0.39, 0.29) is 0 Å². The summed E-state index contributed by atoms with van der Waals surface area (Å²) in [5.74, 6) is 0. The topological polar surface area (TPSA) is 27.7 Å². The van der Waals surface area contributed by atoms with Crippen LogP contribution in [0, 0.1) is 0 Å². The van der Waals surface area contributed by atoms with E-state index >= 15 is 0 Å². The zero-order valence-electron chi connectivity index (χ0n) is 12.2. The zero-order valence-corrected chi connectivity index (χ0v) is 12.2. The van der Waals surface area contributed by atoms with Crippen LogP contribution in [0.25, 0.3) is 0 Å². The number of hydrogen-bond acceptors (Lipinski definition) is 4. The first kappa shape index (κ1) is 14.3. The van der Waals surface area contributed by atoms with Gasteiger partial charge in [-0.25, -0.2) is 0 Å². The molecule has 0 amide bonds. The lowest BCUT2D eigenvalue weighted by Crippen LogP contribution is -2.48. The maximum absolute atomic E-state index is 5.44. The van der Waals surface area contributed by atoms with Crippen LogP contribution in [-0.4, -0.2) is 73.9 Å². The van der Waals surface area contributed by atoms with Crippen LogP contribution in [0.15, 0.2) is 0 Å². The Kier molecular flexibility index (Phi) is 5.42. The SMILES string of the molecule is CCNC(C)C(C)N1CCC(N2CCOCC2)C1. The monoisotopic (exact) mass is 255 g/mol. The highest BCUT2D eigenvalue weighted by Crippen LogP contribution is 2.20. The van der Waals surface area contributed by atoms with Gasteiger partial charge in [-0.1, -0.05) is 6.92 Å². The Bertz CT molecular complexity index is 243. The van der Waals surface area contributed by atoms with Crippen LogP contribution in [0.2, 0.25) is 0 Å². The molecule has 0 aliphatic carbocycles. The van der Waals surface area contributed by atoms with Gasteiger partial charge in [0, 0.05) is 44.3 Å². The molecule has 2 aliphatic rings. The van der Waals surface area contributed by atoms with Gasteiger partial charge in [0.05, 0.1) is 13.2 Å². The maximum atomic E-state index is 5.44. The van der Waals surface area contributed by atoms with E-state index in [2.05, 4.69) is 35.9 Å². The first-order chi connectivity index (χ1) is 8.72. The van der Waals surface area contributed by atoms with E-state index in [1.165, 1.54) is 19.5 Å².